The van der Waals surface area contributed by atoms with Crippen molar-refractivity contribution in [1.29, 1.82) is 0 Å². The number of nitrogens with two attached hydrogens (primary N) is 1. The van der Waals surface area contributed by atoms with Crippen molar-refractivity contribution in [2.75, 3.05) is 12.3 Å². The average Bonchev–Trinajstić information content (AvgIpc) is 2.37. The second kappa shape index (κ2) is 8.39. The number of hydrogen-bond donors (Lipinski definition) is 1. The molecule has 102 valence electrons. The van der Waals surface area contributed by atoms with E-state index >= 15 is 0 Å². The van der Waals surface area contributed by atoms with Gasteiger partial charge < -0.3 is 10.5 Å². The number of ether oxygens (including phenoxy) is 1. The van der Waals surface area contributed by atoms with Crippen LogP contribution in [-0.4, -0.2) is 6.61 Å². The number of benzene rings is 1. The summed E-state index contributed by atoms with van der Waals surface area (Å²) in [6, 6.07) is 5.67. The normalized spacial score (nSPS) is 12.6. The molecule has 0 bridgehead atoms. The Morgan fingerprint density at radius 1 is 1.33 bits per heavy atom. The molecule has 0 amide bonds. The van der Waals surface area contributed by atoms with Crippen LogP contribution in [0.4, 0.5) is 5.69 Å². The molecule has 1 unspecified atom stereocenters. The lowest BCUT2D eigenvalue weighted by molar-refractivity contribution is 0.0820. The van der Waals surface area contributed by atoms with Gasteiger partial charge in [-0.05, 0) is 30.0 Å². The maximum atomic E-state index is 5.88. The number of hydrogen-bond acceptors (Lipinski definition) is 2. The third kappa shape index (κ3) is 5.28. The van der Waals surface area contributed by atoms with E-state index in [1.54, 1.807) is 0 Å². The summed E-state index contributed by atoms with van der Waals surface area (Å²) in [7, 11) is 0. The van der Waals surface area contributed by atoms with Crippen LogP contribution in [0.3, 0.4) is 0 Å². The van der Waals surface area contributed by atoms with Gasteiger partial charge in [-0.2, -0.15) is 0 Å². The monoisotopic (exact) mass is 269 g/mol. The van der Waals surface area contributed by atoms with Gasteiger partial charge in [-0.25, -0.2) is 0 Å². The van der Waals surface area contributed by atoms with Gasteiger partial charge >= 0.3 is 0 Å². The minimum atomic E-state index is 0.605. The van der Waals surface area contributed by atoms with E-state index in [-0.39, 0.29) is 0 Å². The Balaban J connectivity index is 2.33. The van der Waals surface area contributed by atoms with Crippen molar-refractivity contribution in [1.82, 2.24) is 0 Å². The van der Waals surface area contributed by atoms with Gasteiger partial charge in [0.1, 0.15) is 0 Å². The van der Waals surface area contributed by atoms with E-state index in [0.29, 0.717) is 23.2 Å². The Labute approximate surface area is 115 Å². The Bertz CT molecular complexity index is 354. The predicted molar refractivity (Wildman–Crippen MR) is 78.8 cm³/mol. The molecule has 0 saturated carbocycles. The van der Waals surface area contributed by atoms with Gasteiger partial charge in [-0.15, -0.1) is 0 Å². The van der Waals surface area contributed by atoms with Crippen LogP contribution in [0.2, 0.25) is 5.02 Å². The molecular weight excluding hydrogens is 246 g/mol. The molecule has 0 saturated heterocycles. The van der Waals surface area contributed by atoms with Gasteiger partial charge in [0.05, 0.1) is 17.3 Å². The molecule has 0 aliphatic rings. The maximum Gasteiger partial charge on any atom is 0.0717 e. The molecule has 1 atom stereocenters. The minimum Gasteiger partial charge on any atom is -0.398 e. The van der Waals surface area contributed by atoms with Crippen molar-refractivity contribution < 1.29 is 4.74 Å². The first-order valence-electron chi connectivity index (χ1n) is 6.79. The first-order chi connectivity index (χ1) is 8.67. The first kappa shape index (κ1) is 15.3. The highest BCUT2D eigenvalue weighted by atomic mass is 35.5. The van der Waals surface area contributed by atoms with E-state index < -0.39 is 0 Å². The van der Waals surface area contributed by atoms with Gasteiger partial charge in [-0.1, -0.05) is 50.8 Å². The SMILES string of the molecule is CCCCC(CC)COCc1ccc(Cl)c(N)c1. The molecule has 0 heterocycles. The molecule has 1 aromatic rings. The molecule has 0 aromatic heterocycles. The van der Waals surface area contributed by atoms with Crippen LogP contribution < -0.4 is 5.73 Å². The Morgan fingerprint density at radius 3 is 2.72 bits per heavy atom. The predicted octanol–water partition coefficient (Wildman–Crippen LogP) is 4.66. The Hall–Kier alpha value is -0.730. The van der Waals surface area contributed by atoms with E-state index in [9.17, 15) is 0 Å². The quantitative estimate of drug-likeness (QED) is 0.697. The summed E-state index contributed by atoms with van der Waals surface area (Å²) in [5.41, 5.74) is 7.46. The van der Waals surface area contributed by atoms with E-state index in [1.807, 2.05) is 18.2 Å². The summed E-state index contributed by atoms with van der Waals surface area (Å²) in [5, 5.41) is 0.605. The number of unbranched alkanes of at least 4 members (excludes halogenated alkanes) is 1. The highest BCUT2D eigenvalue weighted by Crippen LogP contribution is 2.20. The molecule has 18 heavy (non-hydrogen) atoms. The highest BCUT2D eigenvalue weighted by molar-refractivity contribution is 6.33. The van der Waals surface area contributed by atoms with Crippen LogP contribution in [0, 0.1) is 5.92 Å². The zero-order valence-electron chi connectivity index (χ0n) is 11.4. The third-order valence-corrected chi connectivity index (χ3v) is 3.57. The van der Waals surface area contributed by atoms with Gasteiger partial charge in [0.15, 0.2) is 0 Å². The van der Waals surface area contributed by atoms with E-state index in [0.717, 1.165) is 12.2 Å². The topological polar surface area (TPSA) is 35.2 Å². The van der Waals surface area contributed by atoms with Crippen molar-refractivity contribution in [3.8, 4) is 0 Å². The summed E-state index contributed by atoms with van der Waals surface area (Å²) in [6.07, 6.45) is 4.98. The summed E-state index contributed by atoms with van der Waals surface area (Å²) >= 11 is 5.88. The fraction of sp³-hybridized carbons (Fsp3) is 0.600. The fourth-order valence-corrected chi connectivity index (χ4v) is 2.04. The summed E-state index contributed by atoms with van der Waals surface area (Å²) in [4.78, 5) is 0. The number of nitrogen functional groups attached to an aromatic ring is 1. The van der Waals surface area contributed by atoms with Crippen LogP contribution in [0.1, 0.15) is 45.1 Å². The molecule has 2 N–H and O–H groups in total. The third-order valence-electron chi connectivity index (χ3n) is 3.23. The molecular formula is C15H24ClNO. The van der Waals surface area contributed by atoms with E-state index in [2.05, 4.69) is 13.8 Å². The van der Waals surface area contributed by atoms with E-state index in [4.69, 9.17) is 22.1 Å². The Morgan fingerprint density at radius 2 is 2.11 bits per heavy atom. The largest absolute Gasteiger partial charge is 0.398 e. The molecule has 0 spiro atoms. The molecule has 0 aliphatic heterocycles. The summed E-state index contributed by atoms with van der Waals surface area (Å²) in [6.45, 7) is 5.90. The molecule has 0 aliphatic carbocycles. The van der Waals surface area contributed by atoms with Crippen LogP contribution in [0.15, 0.2) is 18.2 Å². The van der Waals surface area contributed by atoms with Crippen molar-refractivity contribution >= 4 is 17.3 Å². The maximum absolute atomic E-state index is 5.88. The van der Waals surface area contributed by atoms with Crippen molar-refractivity contribution in [3.05, 3.63) is 28.8 Å². The second-order valence-electron chi connectivity index (χ2n) is 4.79. The lowest BCUT2D eigenvalue weighted by Gasteiger charge is -2.14. The lowest BCUT2D eigenvalue weighted by atomic mass is 10.0. The number of anilines is 1. The van der Waals surface area contributed by atoms with Crippen LogP contribution in [0.5, 0.6) is 0 Å². The molecule has 1 aromatic carbocycles. The van der Waals surface area contributed by atoms with Crippen LogP contribution in [-0.2, 0) is 11.3 Å². The van der Waals surface area contributed by atoms with Crippen molar-refractivity contribution in [2.45, 2.75) is 46.1 Å². The zero-order chi connectivity index (χ0) is 13.4. The molecule has 1 rings (SSSR count). The molecule has 0 radical (unpaired) electrons. The summed E-state index contributed by atoms with van der Waals surface area (Å²) < 4.78 is 5.77. The van der Waals surface area contributed by atoms with Gasteiger partial charge in [0, 0.05) is 6.61 Å². The smallest absolute Gasteiger partial charge is 0.0717 e. The van der Waals surface area contributed by atoms with Gasteiger partial charge in [0.25, 0.3) is 0 Å². The first-order valence-corrected chi connectivity index (χ1v) is 7.16. The fourth-order valence-electron chi connectivity index (χ4n) is 1.92. The highest BCUT2D eigenvalue weighted by Gasteiger charge is 2.06. The lowest BCUT2D eigenvalue weighted by Crippen LogP contribution is -2.09. The number of halogens is 1. The average molecular weight is 270 g/mol. The Kier molecular flexibility index (Phi) is 7.14. The van der Waals surface area contributed by atoms with Crippen molar-refractivity contribution in [2.24, 2.45) is 5.92 Å². The second-order valence-corrected chi connectivity index (χ2v) is 5.19. The van der Waals surface area contributed by atoms with Crippen LogP contribution in [0.25, 0.3) is 0 Å². The molecule has 2 nitrogen and oxygen atoms in total. The van der Waals surface area contributed by atoms with Gasteiger partial charge in [-0.3, -0.25) is 0 Å². The van der Waals surface area contributed by atoms with Gasteiger partial charge in [0.2, 0.25) is 0 Å². The standard InChI is InChI=1S/C15H24ClNO/c1-3-5-6-12(4-2)10-18-11-13-7-8-14(16)15(17)9-13/h7-9,12H,3-6,10-11,17H2,1-2H3. The van der Waals surface area contributed by atoms with Crippen LogP contribution >= 0.6 is 11.6 Å². The van der Waals surface area contributed by atoms with E-state index in [1.165, 1.54) is 25.7 Å². The van der Waals surface area contributed by atoms with Crippen molar-refractivity contribution in [3.63, 3.8) is 0 Å². The molecule has 0 fully saturated rings. The minimum absolute atomic E-state index is 0.605. The zero-order valence-corrected chi connectivity index (χ0v) is 12.2. The number of rotatable bonds is 8. The molecule has 3 heteroatoms. The summed E-state index contributed by atoms with van der Waals surface area (Å²) in [5.74, 6) is 0.676.